The lowest BCUT2D eigenvalue weighted by Crippen LogP contribution is -1.96. The van der Waals surface area contributed by atoms with Gasteiger partial charge in [-0.3, -0.25) is 19.2 Å². The summed E-state index contributed by atoms with van der Waals surface area (Å²) in [6.07, 6.45) is 17.1. The van der Waals surface area contributed by atoms with E-state index >= 15 is 0 Å². The Bertz CT molecular complexity index is 3900. The summed E-state index contributed by atoms with van der Waals surface area (Å²) in [6, 6.07) is 37.6. The van der Waals surface area contributed by atoms with Crippen LogP contribution in [0, 0.1) is 6.92 Å². The van der Waals surface area contributed by atoms with Gasteiger partial charge in [-0.2, -0.15) is 0 Å². The average Bonchev–Trinajstić information content (AvgIpc) is 3.68. The monoisotopic (exact) mass is 1190 g/mol. The van der Waals surface area contributed by atoms with E-state index in [-0.39, 0.29) is 109 Å². The summed E-state index contributed by atoms with van der Waals surface area (Å²) in [6.45, 7) is 9.87. The van der Waals surface area contributed by atoms with E-state index < -0.39 is 0 Å². The lowest BCUT2D eigenvalue weighted by atomic mass is 9.97. The highest BCUT2D eigenvalue weighted by atomic mass is 16.5. The highest BCUT2D eigenvalue weighted by molar-refractivity contribution is 6.10. The molecule has 0 fully saturated rings. The van der Waals surface area contributed by atoms with Gasteiger partial charge in [0.25, 0.3) is 0 Å². The van der Waals surface area contributed by atoms with Crippen LogP contribution in [0.3, 0.4) is 0 Å². The average molecular weight is 1190 g/mol. The first-order chi connectivity index (χ1) is 41.8. The molecule has 0 amide bonds. The number of carbonyl (C=O) groups is 4. The van der Waals surface area contributed by atoms with Gasteiger partial charge in [0, 0.05) is 24.3 Å². The first-order valence-corrected chi connectivity index (χ1v) is 27.1. The maximum atomic E-state index is 12.4. The lowest BCUT2D eigenvalue weighted by molar-refractivity contribution is 0.103. The summed E-state index contributed by atoms with van der Waals surface area (Å²) < 4.78 is 5.04. The van der Waals surface area contributed by atoms with Crippen molar-refractivity contribution < 1.29 is 80.1 Å². The summed E-state index contributed by atoms with van der Waals surface area (Å²) >= 11 is 0. The number of methoxy groups -OCH3 is 1. The van der Waals surface area contributed by atoms with E-state index in [0.29, 0.717) is 18.4 Å². The van der Waals surface area contributed by atoms with Crippen molar-refractivity contribution in [3.8, 4) is 69.0 Å². The van der Waals surface area contributed by atoms with Crippen LogP contribution in [0.1, 0.15) is 108 Å². The molecular formula is C72H68O16. The lowest BCUT2D eigenvalue weighted by Gasteiger charge is -2.10. The largest absolute Gasteiger partial charge is 0.508 e. The van der Waals surface area contributed by atoms with E-state index in [9.17, 15) is 65.1 Å². The summed E-state index contributed by atoms with van der Waals surface area (Å²) in [7, 11) is 1.59. The summed E-state index contributed by atoms with van der Waals surface area (Å²) in [5.41, 5.74) is 8.37. The third-order valence-electron chi connectivity index (χ3n) is 12.5. The Hall–Kier alpha value is -11.5. The molecule has 16 heteroatoms. The fourth-order valence-electron chi connectivity index (χ4n) is 7.97. The second kappa shape index (κ2) is 32.5. The summed E-state index contributed by atoms with van der Waals surface area (Å²) in [4.78, 5) is 48.1. The number of aromatic hydroxyl groups is 11. The number of hydrogen-bond acceptors (Lipinski definition) is 16. The number of rotatable bonds is 17. The minimum atomic E-state index is -0.386. The van der Waals surface area contributed by atoms with Crippen molar-refractivity contribution >= 4 is 47.4 Å². The molecule has 0 spiro atoms. The Kier molecular flexibility index (Phi) is 24.9. The quantitative estimate of drug-likeness (QED) is 0.0229. The van der Waals surface area contributed by atoms with Gasteiger partial charge in [-0.15, -0.1) is 0 Å². The number of allylic oxidation sites excluding steroid dienone is 8. The van der Waals surface area contributed by atoms with Gasteiger partial charge in [0.05, 0.1) is 29.4 Å². The molecule has 0 heterocycles. The fraction of sp³-hybridized carbons (Fsp3) is 0.111. The molecule has 8 aromatic carbocycles. The third-order valence-corrected chi connectivity index (χ3v) is 12.5. The van der Waals surface area contributed by atoms with Crippen molar-refractivity contribution in [2.45, 2.75) is 47.5 Å². The predicted molar refractivity (Wildman–Crippen MR) is 341 cm³/mol. The topological polar surface area (TPSA) is 300 Å². The van der Waals surface area contributed by atoms with E-state index in [0.717, 1.165) is 74.5 Å². The van der Waals surface area contributed by atoms with Crippen LogP contribution in [0.15, 0.2) is 199 Å². The zero-order valence-corrected chi connectivity index (χ0v) is 49.1. The number of benzene rings is 8. The molecule has 0 aliphatic carbocycles. The Morgan fingerprint density at radius 1 is 0.352 bits per heavy atom. The Morgan fingerprint density at radius 2 is 0.659 bits per heavy atom. The molecule has 16 nitrogen and oxygen atoms in total. The maximum absolute atomic E-state index is 12.4. The van der Waals surface area contributed by atoms with Crippen molar-refractivity contribution in [1.29, 1.82) is 0 Å². The number of ether oxygens (including phenoxy) is 1. The molecule has 0 aromatic heterocycles. The second-order valence-corrected chi connectivity index (χ2v) is 20.2. The second-order valence-electron chi connectivity index (χ2n) is 20.2. The highest BCUT2D eigenvalue weighted by Crippen LogP contribution is 2.30. The first kappa shape index (κ1) is 67.3. The van der Waals surface area contributed by atoms with Gasteiger partial charge in [-0.25, -0.2) is 0 Å². The van der Waals surface area contributed by atoms with Crippen molar-refractivity contribution in [2.24, 2.45) is 0 Å². The molecule has 8 aromatic rings. The molecule has 0 saturated heterocycles. The van der Waals surface area contributed by atoms with E-state index in [4.69, 9.17) is 14.9 Å². The van der Waals surface area contributed by atoms with Crippen LogP contribution in [0.2, 0.25) is 0 Å². The van der Waals surface area contributed by atoms with Crippen LogP contribution in [0.25, 0.3) is 24.3 Å². The number of carbonyl (C=O) groups excluding carboxylic acids is 4. The Morgan fingerprint density at radius 3 is 0.966 bits per heavy atom. The van der Waals surface area contributed by atoms with Crippen molar-refractivity contribution in [3.05, 3.63) is 260 Å². The molecule has 0 aliphatic rings. The van der Waals surface area contributed by atoms with Crippen LogP contribution >= 0.6 is 0 Å². The number of ketones is 4. The van der Waals surface area contributed by atoms with Gasteiger partial charge in [-0.1, -0.05) is 77.9 Å². The molecule has 0 radical (unpaired) electrons. The van der Waals surface area contributed by atoms with Gasteiger partial charge in [0.15, 0.2) is 23.1 Å². The molecule has 0 aliphatic heterocycles. The van der Waals surface area contributed by atoms with Gasteiger partial charge in [-0.05, 0) is 208 Å². The van der Waals surface area contributed by atoms with Crippen LogP contribution in [-0.4, -0.2) is 86.4 Å². The van der Waals surface area contributed by atoms with Gasteiger partial charge >= 0.3 is 0 Å². The van der Waals surface area contributed by atoms with Crippen molar-refractivity contribution in [2.75, 3.05) is 7.11 Å². The predicted octanol–water partition coefficient (Wildman–Crippen LogP) is 14.4. The minimum Gasteiger partial charge on any atom is -0.508 e. The SMILES string of the molecule is CC(C)=CCc1cc(/C=C/C(=O)c2ccc(O)cc2O)cc(CC=C(C)C)c1O.COc1ccc(/C=C/C(=O)c2ccc(O)cc2O)cc1.Cc1cc(O)cc(/C=C/C(=O)c2ccc(O)cc2O)c1.O=C(/C=C/c1ccc(O)cc1)c1ccc(O)cc1O. The number of phenolic OH excluding ortho intramolecular Hbond substituents is 11. The molecule has 88 heavy (non-hydrogen) atoms. The highest BCUT2D eigenvalue weighted by Gasteiger charge is 2.14. The first-order valence-electron chi connectivity index (χ1n) is 27.1. The number of hydrogen-bond donors (Lipinski definition) is 11. The van der Waals surface area contributed by atoms with Gasteiger partial charge in [0.2, 0.25) is 0 Å². The van der Waals surface area contributed by atoms with Gasteiger partial charge in [0.1, 0.15) is 69.0 Å². The molecule has 0 unspecified atom stereocenters. The molecule has 8 rings (SSSR count). The van der Waals surface area contributed by atoms with Crippen LogP contribution in [0.4, 0.5) is 0 Å². The fourth-order valence-corrected chi connectivity index (χ4v) is 7.97. The zero-order chi connectivity index (χ0) is 64.6. The van der Waals surface area contributed by atoms with Crippen molar-refractivity contribution in [1.82, 2.24) is 0 Å². The van der Waals surface area contributed by atoms with E-state index in [1.165, 1.54) is 91.0 Å². The smallest absolute Gasteiger partial charge is 0.189 e. The van der Waals surface area contributed by atoms with Crippen molar-refractivity contribution in [3.63, 3.8) is 0 Å². The Labute approximate surface area is 509 Å². The van der Waals surface area contributed by atoms with Crippen LogP contribution in [-0.2, 0) is 12.8 Å². The standard InChI is InChI=1S/C25H28O4.2C16H14O4.C15H12O4/c1-16(2)5-8-19-13-18(14-20(25(19)29)9-6-17(3)4)7-12-23(27)22-11-10-21(26)15-24(22)28;1-20-13-6-2-11(3-7-13)4-9-15(18)14-8-5-12(17)10-16(14)19;1-10-6-11(8-13(18)7-10)2-5-15(19)14-4-3-12(17)9-16(14)20;16-11-4-1-10(2-5-11)3-8-14(18)13-7-6-12(17)9-15(13)19/h5-7,10-15,26,28-29H,8-9H2,1-4H3;2-10,17,19H,1H3;2-9,17-18,20H,1H3;1-9,16-17,19H/b12-7+;9-4+;5-2+;8-3+. The molecule has 452 valence electrons. The minimum absolute atomic E-state index is 0.0850. The van der Waals surface area contributed by atoms with Crippen LogP contribution in [0.5, 0.6) is 69.0 Å². The van der Waals surface area contributed by atoms with Crippen LogP contribution < -0.4 is 4.74 Å². The zero-order valence-electron chi connectivity index (χ0n) is 49.1. The van der Waals surface area contributed by atoms with E-state index in [1.54, 1.807) is 61.7 Å². The summed E-state index contributed by atoms with van der Waals surface area (Å²) in [5, 5.41) is 105. The molecule has 0 bridgehead atoms. The molecule has 11 N–H and O–H groups in total. The molecule has 0 saturated carbocycles. The van der Waals surface area contributed by atoms with Gasteiger partial charge < -0.3 is 60.9 Å². The van der Waals surface area contributed by atoms with E-state index in [1.807, 2.05) is 77.1 Å². The number of phenols is 11. The third kappa shape index (κ3) is 21.6. The maximum Gasteiger partial charge on any atom is 0.189 e. The normalized spacial score (nSPS) is 10.8. The van der Waals surface area contributed by atoms with E-state index in [2.05, 4.69) is 0 Å². The summed E-state index contributed by atoms with van der Waals surface area (Å²) in [5.74, 6) is -1.59. The number of aryl methyl sites for hydroxylation is 1. The molecule has 0 atom stereocenters. The Balaban J connectivity index is 0.000000217. The molecular weight excluding hydrogens is 1120 g/mol.